The molecule has 20 heavy (non-hydrogen) atoms. The normalized spacial score (nSPS) is 12.6. The summed E-state index contributed by atoms with van der Waals surface area (Å²) in [4.78, 5) is 2.84. The van der Waals surface area contributed by atoms with E-state index in [9.17, 15) is 0 Å². The summed E-state index contributed by atoms with van der Waals surface area (Å²) >= 11 is 1.88. The third-order valence-corrected chi connectivity index (χ3v) is 4.34. The zero-order chi connectivity index (χ0) is 14.4. The van der Waals surface area contributed by atoms with Crippen LogP contribution in [0.15, 0.2) is 29.2 Å². The number of thioether (sulfide) groups is 1. The van der Waals surface area contributed by atoms with Crippen LogP contribution in [0.5, 0.6) is 0 Å². The first-order valence-corrected chi connectivity index (χ1v) is 7.82. The van der Waals surface area contributed by atoms with Gasteiger partial charge in [-0.2, -0.15) is 4.80 Å². The predicted octanol–water partition coefficient (Wildman–Crippen LogP) is 1.83. The Morgan fingerprint density at radius 2 is 2.15 bits per heavy atom. The Labute approximate surface area is 124 Å². The van der Waals surface area contributed by atoms with Gasteiger partial charge in [-0.15, -0.1) is 22.0 Å². The van der Waals surface area contributed by atoms with Gasteiger partial charge in [-0.05, 0) is 30.3 Å². The highest BCUT2D eigenvalue weighted by Crippen LogP contribution is 2.22. The average molecular weight is 291 g/mol. The van der Waals surface area contributed by atoms with E-state index in [2.05, 4.69) is 58.8 Å². The van der Waals surface area contributed by atoms with Crippen LogP contribution in [0.4, 0.5) is 0 Å². The minimum Gasteiger partial charge on any atom is -0.313 e. The molecule has 1 aromatic heterocycles. The standard InChI is InChI=1S/C14H21N5S/c1-4-15-12(9-14-16-18-19(3)17-14)10-20-13-8-6-5-7-11(13)2/h5-8,12,15H,4,9-10H2,1-3H3. The van der Waals surface area contributed by atoms with Gasteiger partial charge in [0.2, 0.25) is 0 Å². The highest BCUT2D eigenvalue weighted by Gasteiger charge is 2.13. The van der Waals surface area contributed by atoms with Crippen LogP contribution in [0, 0.1) is 6.92 Å². The van der Waals surface area contributed by atoms with E-state index in [1.165, 1.54) is 15.3 Å². The molecule has 1 aromatic carbocycles. The van der Waals surface area contributed by atoms with Crippen LogP contribution in [0.1, 0.15) is 18.3 Å². The van der Waals surface area contributed by atoms with Crippen LogP contribution in [0.2, 0.25) is 0 Å². The van der Waals surface area contributed by atoms with Gasteiger partial charge < -0.3 is 5.32 Å². The lowest BCUT2D eigenvalue weighted by Crippen LogP contribution is -2.33. The maximum Gasteiger partial charge on any atom is 0.176 e. The van der Waals surface area contributed by atoms with Crippen LogP contribution in [-0.4, -0.2) is 38.5 Å². The minimum absolute atomic E-state index is 0.355. The van der Waals surface area contributed by atoms with Crippen molar-refractivity contribution < 1.29 is 0 Å². The quantitative estimate of drug-likeness (QED) is 0.789. The van der Waals surface area contributed by atoms with E-state index in [4.69, 9.17) is 0 Å². The number of likely N-dealkylation sites (N-methyl/N-ethyl adjacent to an activating group) is 1. The highest BCUT2D eigenvalue weighted by molar-refractivity contribution is 7.99. The third kappa shape index (κ3) is 4.31. The number of aryl methyl sites for hydroxylation is 2. The number of benzene rings is 1. The summed E-state index contributed by atoms with van der Waals surface area (Å²) in [6.07, 6.45) is 0.806. The van der Waals surface area contributed by atoms with Crippen molar-refractivity contribution in [3.05, 3.63) is 35.7 Å². The molecule has 0 spiro atoms. The number of nitrogens with zero attached hydrogens (tertiary/aromatic N) is 4. The molecule has 0 fully saturated rings. The van der Waals surface area contributed by atoms with Crippen molar-refractivity contribution in [2.45, 2.75) is 31.2 Å². The van der Waals surface area contributed by atoms with Gasteiger partial charge in [0.1, 0.15) is 0 Å². The summed E-state index contributed by atoms with van der Waals surface area (Å²) < 4.78 is 0. The third-order valence-electron chi connectivity index (χ3n) is 3.01. The Balaban J connectivity index is 1.94. The second-order valence-corrected chi connectivity index (χ2v) is 5.79. The smallest absolute Gasteiger partial charge is 0.176 e. The van der Waals surface area contributed by atoms with Gasteiger partial charge in [0, 0.05) is 23.1 Å². The van der Waals surface area contributed by atoms with Gasteiger partial charge in [-0.3, -0.25) is 0 Å². The number of nitrogens with one attached hydrogen (secondary N) is 1. The maximum atomic E-state index is 4.25. The van der Waals surface area contributed by atoms with Crippen LogP contribution >= 0.6 is 11.8 Å². The molecule has 0 saturated heterocycles. The SMILES string of the molecule is CCNC(CSc1ccccc1C)Cc1nnn(C)n1. The lowest BCUT2D eigenvalue weighted by molar-refractivity contribution is 0.556. The Kier molecular flexibility index (Phi) is 5.55. The Morgan fingerprint density at radius 1 is 1.35 bits per heavy atom. The number of tetrazole rings is 1. The summed E-state index contributed by atoms with van der Waals surface area (Å²) in [6, 6.07) is 8.83. The van der Waals surface area contributed by atoms with Gasteiger partial charge in [0.05, 0.1) is 7.05 Å². The first-order chi connectivity index (χ1) is 9.69. The molecule has 1 heterocycles. The molecule has 108 valence electrons. The molecular formula is C14H21N5S. The second kappa shape index (κ2) is 7.40. The van der Waals surface area contributed by atoms with Crippen LogP contribution in [-0.2, 0) is 13.5 Å². The molecule has 6 heteroatoms. The first kappa shape index (κ1) is 15.0. The molecule has 5 nitrogen and oxygen atoms in total. The molecular weight excluding hydrogens is 270 g/mol. The Bertz CT molecular complexity index is 540. The highest BCUT2D eigenvalue weighted by atomic mass is 32.2. The fourth-order valence-corrected chi connectivity index (χ4v) is 3.10. The average Bonchev–Trinajstić information content (AvgIpc) is 2.83. The van der Waals surface area contributed by atoms with E-state index in [1.54, 1.807) is 7.05 Å². The molecule has 2 aromatic rings. The molecule has 1 unspecified atom stereocenters. The minimum atomic E-state index is 0.355. The molecule has 0 aliphatic rings. The lowest BCUT2D eigenvalue weighted by Gasteiger charge is -2.16. The van der Waals surface area contributed by atoms with Gasteiger partial charge in [0.25, 0.3) is 0 Å². The molecule has 2 rings (SSSR count). The zero-order valence-corrected chi connectivity index (χ0v) is 13.0. The van der Waals surface area contributed by atoms with Crippen molar-refractivity contribution in [1.29, 1.82) is 0 Å². The van der Waals surface area contributed by atoms with Gasteiger partial charge in [0.15, 0.2) is 5.82 Å². The topological polar surface area (TPSA) is 55.6 Å². The van der Waals surface area contributed by atoms with E-state index in [0.29, 0.717) is 6.04 Å². The van der Waals surface area contributed by atoms with E-state index in [0.717, 1.165) is 24.5 Å². The number of hydrogen-bond donors (Lipinski definition) is 1. The van der Waals surface area contributed by atoms with Gasteiger partial charge in [-0.1, -0.05) is 25.1 Å². The fourth-order valence-electron chi connectivity index (χ4n) is 2.01. The number of rotatable bonds is 7. The van der Waals surface area contributed by atoms with Crippen molar-refractivity contribution >= 4 is 11.8 Å². The van der Waals surface area contributed by atoms with E-state index < -0.39 is 0 Å². The predicted molar refractivity (Wildman–Crippen MR) is 81.9 cm³/mol. The van der Waals surface area contributed by atoms with Crippen LogP contribution < -0.4 is 5.32 Å². The van der Waals surface area contributed by atoms with Crippen LogP contribution in [0.3, 0.4) is 0 Å². The molecule has 1 N–H and O–H groups in total. The van der Waals surface area contributed by atoms with E-state index in [-0.39, 0.29) is 0 Å². The molecule has 0 bridgehead atoms. The van der Waals surface area contributed by atoms with Crippen molar-refractivity contribution in [2.24, 2.45) is 7.05 Å². The molecule has 0 aliphatic heterocycles. The van der Waals surface area contributed by atoms with Crippen molar-refractivity contribution in [2.75, 3.05) is 12.3 Å². The number of aromatic nitrogens is 4. The van der Waals surface area contributed by atoms with Gasteiger partial charge in [-0.25, -0.2) is 0 Å². The Hall–Kier alpha value is -1.40. The molecule has 0 radical (unpaired) electrons. The van der Waals surface area contributed by atoms with Crippen molar-refractivity contribution in [3.63, 3.8) is 0 Å². The molecule has 0 amide bonds. The molecule has 0 aliphatic carbocycles. The van der Waals surface area contributed by atoms with Crippen molar-refractivity contribution in [3.8, 4) is 0 Å². The van der Waals surface area contributed by atoms with E-state index >= 15 is 0 Å². The number of hydrogen-bond acceptors (Lipinski definition) is 5. The molecule has 1 atom stereocenters. The van der Waals surface area contributed by atoms with Crippen LogP contribution in [0.25, 0.3) is 0 Å². The lowest BCUT2D eigenvalue weighted by atomic mass is 10.2. The zero-order valence-electron chi connectivity index (χ0n) is 12.2. The Morgan fingerprint density at radius 3 is 2.80 bits per heavy atom. The molecule has 0 saturated carbocycles. The summed E-state index contributed by atoms with van der Waals surface area (Å²) in [6.45, 7) is 5.21. The maximum absolute atomic E-state index is 4.25. The van der Waals surface area contributed by atoms with Crippen molar-refractivity contribution in [1.82, 2.24) is 25.5 Å². The summed E-state index contributed by atoms with van der Waals surface area (Å²) in [7, 11) is 1.79. The first-order valence-electron chi connectivity index (χ1n) is 6.83. The fraction of sp³-hybridized carbons (Fsp3) is 0.500. The van der Waals surface area contributed by atoms with Gasteiger partial charge >= 0.3 is 0 Å². The monoisotopic (exact) mass is 291 g/mol. The largest absolute Gasteiger partial charge is 0.313 e. The summed E-state index contributed by atoms with van der Waals surface area (Å²) in [5, 5.41) is 15.7. The van der Waals surface area contributed by atoms with E-state index in [1.807, 2.05) is 11.8 Å². The summed E-state index contributed by atoms with van der Waals surface area (Å²) in [5.74, 6) is 1.79. The summed E-state index contributed by atoms with van der Waals surface area (Å²) in [5.41, 5.74) is 1.32. The second-order valence-electron chi connectivity index (χ2n) is 4.73.